The van der Waals surface area contributed by atoms with Gasteiger partial charge in [-0.1, -0.05) is 13.3 Å². The Morgan fingerprint density at radius 2 is 2.17 bits per heavy atom. The highest BCUT2D eigenvalue weighted by Crippen LogP contribution is 2.38. The van der Waals surface area contributed by atoms with E-state index in [4.69, 9.17) is 4.74 Å². The van der Waals surface area contributed by atoms with Crippen molar-refractivity contribution in [1.82, 2.24) is 4.90 Å². The lowest BCUT2D eigenvalue weighted by molar-refractivity contribution is -0.0952. The Morgan fingerprint density at radius 3 is 2.72 bits per heavy atom. The van der Waals surface area contributed by atoms with Crippen LogP contribution in [-0.2, 0) is 4.74 Å². The second kappa shape index (κ2) is 6.60. The molecule has 3 aliphatic heterocycles. The van der Waals surface area contributed by atoms with Crippen molar-refractivity contribution in [3.8, 4) is 0 Å². The van der Waals surface area contributed by atoms with Gasteiger partial charge in [-0.15, -0.1) is 11.8 Å². The van der Waals surface area contributed by atoms with E-state index in [1.54, 1.807) is 11.8 Å². The first-order valence-corrected chi connectivity index (χ1v) is 8.37. The maximum atomic E-state index is 10.8. The monoisotopic (exact) mass is 273 g/mol. The molecular weight excluding hydrogens is 246 g/mol. The second-order valence-corrected chi connectivity index (χ2v) is 7.04. The van der Waals surface area contributed by atoms with Crippen molar-refractivity contribution in [1.29, 1.82) is 0 Å². The van der Waals surface area contributed by atoms with Crippen molar-refractivity contribution in [2.75, 3.05) is 32.0 Å². The number of aliphatic hydroxyl groups is 1. The molecule has 2 bridgehead atoms. The SMILES string of the molecule is CCCCOC(C)SCC1(O)CN2CCC1CC2. The lowest BCUT2D eigenvalue weighted by Gasteiger charge is -2.50. The van der Waals surface area contributed by atoms with Crippen LogP contribution in [0.2, 0.25) is 0 Å². The Labute approximate surface area is 115 Å². The minimum Gasteiger partial charge on any atom is -0.387 e. The van der Waals surface area contributed by atoms with E-state index in [1.807, 2.05) is 0 Å². The Morgan fingerprint density at radius 1 is 1.44 bits per heavy atom. The molecule has 3 heterocycles. The molecule has 18 heavy (non-hydrogen) atoms. The van der Waals surface area contributed by atoms with Crippen molar-refractivity contribution in [3.63, 3.8) is 0 Å². The molecule has 3 saturated heterocycles. The lowest BCUT2D eigenvalue weighted by Crippen LogP contribution is -2.60. The molecule has 0 aromatic rings. The molecule has 3 nitrogen and oxygen atoms in total. The highest BCUT2D eigenvalue weighted by Gasteiger charge is 2.45. The van der Waals surface area contributed by atoms with Gasteiger partial charge in [0.2, 0.25) is 0 Å². The first kappa shape index (κ1) is 14.6. The molecule has 3 aliphatic rings. The van der Waals surface area contributed by atoms with Crippen LogP contribution in [0, 0.1) is 5.92 Å². The van der Waals surface area contributed by atoms with Gasteiger partial charge in [-0.2, -0.15) is 0 Å². The number of rotatable bonds is 7. The number of fused-ring (bicyclic) bond motifs is 3. The largest absolute Gasteiger partial charge is 0.387 e. The average molecular weight is 273 g/mol. The summed E-state index contributed by atoms with van der Waals surface area (Å²) >= 11 is 1.77. The Balaban J connectivity index is 1.72. The molecular formula is C14H27NO2S. The smallest absolute Gasteiger partial charge is 0.100 e. The normalized spacial score (nSPS) is 36.8. The number of hydrogen-bond donors (Lipinski definition) is 1. The summed E-state index contributed by atoms with van der Waals surface area (Å²) in [4.78, 5) is 2.41. The minimum atomic E-state index is -0.469. The van der Waals surface area contributed by atoms with Crippen LogP contribution < -0.4 is 0 Å². The predicted molar refractivity (Wildman–Crippen MR) is 76.9 cm³/mol. The third-order valence-electron chi connectivity index (χ3n) is 4.26. The second-order valence-electron chi connectivity index (χ2n) is 5.76. The number of hydrogen-bond acceptors (Lipinski definition) is 4. The van der Waals surface area contributed by atoms with Gasteiger partial charge in [0.05, 0.1) is 5.60 Å². The number of unbranched alkanes of at least 4 members (excludes halogenated alkanes) is 1. The number of ether oxygens (including phenoxy) is 1. The fraction of sp³-hybridized carbons (Fsp3) is 1.00. The van der Waals surface area contributed by atoms with Crippen LogP contribution in [0.25, 0.3) is 0 Å². The molecule has 3 rings (SSSR count). The topological polar surface area (TPSA) is 32.7 Å². The maximum absolute atomic E-state index is 10.8. The number of thioether (sulfide) groups is 1. The summed E-state index contributed by atoms with van der Waals surface area (Å²) in [6.45, 7) is 8.35. The first-order chi connectivity index (χ1) is 8.64. The quantitative estimate of drug-likeness (QED) is 0.570. The molecule has 0 radical (unpaired) electrons. The van der Waals surface area contributed by atoms with Gasteiger partial charge in [-0.05, 0) is 45.2 Å². The van der Waals surface area contributed by atoms with Crippen LogP contribution in [0.1, 0.15) is 39.5 Å². The van der Waals surface area contributed by atoms with Crippen LogP contribution in [0.5, 0.6) is 0 Å². The fourth-order valence-electron chi connectivity index (χ4n) is 3.01. The number of nitrogens with zero attached hydrogens (tertiary/aromatic N) is 1. The zero-order valence-corrected chi connectivity index (χ0v) is 12.5. The highest BCUT2D eigenvalue weighted by atomic mass is 32.2. The zero-order chi connectivity index (χ0) is 13.0. The van der Waals surface area contributed by atoms with Crippen molar-refractivity contribution < 1.29 is 9.84 Å². The molecule has 106 valence electrons. The molecule has 3 fully saturated rings. The van der Waals surface area contributed by atoms with Crippen molar-refractivity contribution in [2.45, 2.75) is 50.6 Å². The third-order valence-corrected chi connectivity index (χ3v) is 5.54. The maximum Gasteiger partial charge on any atom is 0.100 e. The Hall–Kier alpha value is 0.230. The molecule has 0 saturated carbocycles. The minimum absolute atomic E-state index is 0.205. The van der Waals surface area contributed by atoms with E-state index < -0.39 is 5.60 Å². The van der Waals surface area contributed by atoms with E-state index in [-0.39, 0.29) is 5.44 Å². The molecule has 2 atom stereocenters. The van der Waals surface area contributed by atoms with Crippen LogP contribution in [0.4, 0.5) is 0 Å². The van der Waals surface area contributed by atoms with E-state index in [2.05, 4.69) is 18.7 Å². The molecule has 0 amide bonds. The summed E-state index contributed by atoms with van der Waals surface area (Å²) in [5.41, 5.74) is -0.264. The summed E-state index contributed by atoms with van der Waals surface area (Å²) in [5.74, 6) is 1.33. The van der Waals surface area contributed by atoms with Crippen molar-refractivity contribution in [3.05, 3.63) is 0 Å². The van der Waals surface area contributed by atoms with Crippen LogP contribution in [0.3, 0.4) is 0 Å². The van der Waals surface area contributed by atoms with Crippen LogP contribution >= 0.6 is 11.8 Å². The fourth-order valence-corrected chi connectivity index (χ4v) is 4.05. The molecule has 4 heteroatoms. The average Bonchev–Trinajstić information content (AvgIpc) is 2.38. The molecule has 0 aliphatic carbocycles. The van der Waals surface area contributed by atoms with Gasteiger partial charge in [-0.25, -0.2) is 0 Å². The highest BCUT2D eigenvalue weighted by molar-refractivity contribution is 7.99. The molecule has 2 unspecified atom stereocenters. The van der Waals surface area contributed by atoms with Crippen molar-refractivity contribution >= 4 is 11.8 Å². The standard InChI is InChI=1S/C14H27NO2S/c1-3-4-9-17-12(2)18-11-14(16)10-15-7-5-13(14)6-8-15/h12-13,16H,3-11H2,1-2H3. The molecule has 0 spiro atoms. The summed E-state index contributed by atoms with van der Waals surface area (Å²) in [5, 5.41) is 10.8. The van der Waals surface area contributed by atoms with Gasteiger partial charge in [0, 0.05) is 18.9 Å². The molecule has 0 aromatic carbocycles. The van der Waals surface area contributed by atoms with E-state index >= 15 is 0 Å². The van der Waals surface area contributed by atoms with E-state index in [0.717, 1.165) is 25.3 Å². The van der Waals surface area contributed by atoms with Gasteiger partial charge < -0.3 is 14.7 Å². The van der Waals surface area contributed by atoms with Gasteiger partial charge in [0.1, 0.15) is 5.44 Å². The van der Waals surface area contributed by atoms with E-state index in [9.17, 15) is 5.11 Å². The Bertz CT molecular complexity index is 256. The summed E-state index contributed by atoms with van der Waals surface area (Å²) in [6.07, 6.45) is 4.65. The van der Waals surface area contributed by atoms with Crippen LogP contribution in [0.15, 0.2) is 0 Å². The van der Waals surface area contributed by atoms with Crippen molar-refractivity contribution in [2.24, 2.45) is 5.92 Å². The summed E-state index contributed by atoms with van der Waals surface area (Å²) in [7, 11) is 0. The number of piperidine rings is 3. The molecule has 0 aromatic heterocycles. The lowest BCUT2D eigenvalue weighted by atomic mass is 9.76. The van der Waals surface area contributed by atoms with Gasteiger partial charge in [0.25, 0.3) is 0 Å². The predicted octanol–water partition coefficient (Wildman–Crippen LogP) is 2.34. The third kappa shape index (κ3) is 3.62. The van der Waals surface area contributed by atoms with Crippen LogP contribution in [-0.4, -0.2) is 53.0 Å². The van der Waals surface area contributed by atoms with Gasteiger partial charge in [-0.3, -0.25) is 0 Å². The Kier molecular flexibility index (Phi) is 5.36. The summed E-state index contributed by atoms with van der Waals surface area (Å²) < 4.78 is 5.74. The van der Waals surface area contributed by atoms with E-state index in [1.165, 1.54) is 32.4 Å². The summed E-state index contributed by atoms with van der Waals surface area (Å²) in [6, 6.07) is 0. The molecule has 1 N–H and O–H groups in total. The van der Waals surface area contributed by atoms with E-state index in [0.29, 0.717) is 5.92 Å². The first-order valence-electron chi connectivity index (χ1n) is 7.32. The van der Waals surface area contributed by atoms with Gasteiger partial charge >= 0.3 is 0 Å². The zero-order valence-electron chi connectivity index (χ0n) is 11.7. The van der Waals surface area contributed by atoms with Gasteiger partial charge in [0.15, 0.2) is 0 Å².